The minimum Gasteiger partial charge on any atom is -0.384 e. The molecule has 0 saturated heterocycles. The number of rotatable bonds is 16. The Morgan fingerprint density at radius 1 is 0.338 bits per heavy atom. The number of aliphatic hydroxyl groups is 4. The summed E-state index contributed by atoms with van der Waals surface area (Å²) in [5.41, 5.74) is -0.762. The number of alkyl halides is 8. The van der Waals surface area contributed by atoms with Gasteiger partial charge in [-0.05, 0) is 408 Å². The Balaban J connectivity index is 0.000000108. The minimum absolute atomic E-state index is 0.00139. The molecule has 4 N–H and O–H groups in total. The summed E-state index contributed by atoms with van der Waals surface area (Å²) in [6.07, 6.45) is 32.5. The van der Waals surface area contributed by atoms with E-state index in [2.05, 4.69) is 78.3 Å². The van der Waals surface area contributed by atoms with E-state index in [9.17, 15) is 74.7 Å². The quantitative estimate of drug-likeness (QED) is 0.0653. The second kappa shape index (κ2) is 36.4. The van der Waals surface area contributed by atoms with Crippen LogP contribution in [0.4, 0.5) is 35.1 Å². The topological polar surface area (TPSA) is 298 Å². The Kier molecular flexibility index (Phi) is 25.3. The summed E-state index contributed by atoms with van der Waals surface area (Å²) in [6.45, 7) is 10.4. The van der Waals surface area contributed by atoms with Gasteiger partial charge in [-0.25, -0.2) is 39.8 Å². The standard InChI is InChI=1S/2C27H35F2N3O2.2C26H34F2N4O2/c1-26-10-8-18-17-9-11-27(34,25(28)29)13-16(17)4-5-19(18)20(26)6-7-21(26)24(33)15-32-23-3-2-12-30-22(23)14-31-32;1-26-10-8-18-17-9-11-27(34,25(28)29)13-16(17)4-5-19(18)20(26)6-7-21(26)24(33)15-32-14-23-22(31-32)3-2-12-30-23;1-25-9-6-17-16-7-10-26(34,24(27)28)12-15(16)2-3-18(17)19(25)4-5-20(25)23(33)14-32-22-8-11-29-13-21(22)30-31-32;1-25-9-6-17-16-7-10-26(34,24(27)28)12-15(16)2-3-18(17)19(25)4-5-20(25)23(33)14-32-30-21-8-11-29-13-22(21)31-32/h2*2-3,12,14,16-21,25,34H,4-11,13,15H2,1H3;2*8,11,13,15-20,24,34H,2-7,9-10,12,14H2,1H3/t2*16-,17+,18-,19-,20+,21-,26+,27-;2*15-,16+,17-,18-,19+,20-,25+,26-/m1111/s1. The number of aromatic nitrogens is 14. The van der Waals surface area contributed by atoms with Gasteiger partial charge in [0.1, 0.15) is 75.1 Å². The Labute approximate surface area is 790 Å². The second-order valence-electron chi connectivity index (χ2n) is 47.5. The van der Waals surface area contributed by atoms with Crippen LogP contribution in [0.1, 0.15) is 259 Å². The summed E-state index contributed by atoms with van der Waals surface area (Å²) in [5.74, 6) is 10.6. The van der Waals surface area contributed by atoms with Crippen molar-refractivity contribution in [3.8, 4) is 0 Å². The van der Waals surface area contributed by atoms with Crippen LogP contribution in [0.5, 0.6) is 0 Å². The van der Waals surface area contributed by atoms with Crippen molar-refractivity contribution in [3.05, 3.63) is 86.0 Å². The average molecular weight is 1890 g/mol. The second-order valence-corrected chi connectivity index (χ2v) is 47.5. The molecule has 16 saturated carbocycles. The summed E-state index contributed by atoms with van der Waals surface area (Å²) >= 11 is 0. The predicted octanol–water partition coefficient (Wildman–Crippen LogP) is 19.9. The molecule has 30 heteroatoms. The van der Waals surface area contributed by atoms with Crippen LogP contribution in [0.15, 0.2) is 86.0 Å². The van der Waals surface area contributed by atoms with Crippen LogP contribution in [0.2, 0.25) is 0 Å². The molecule has 16 aliphatic carbocycles. The lowest BCUT2D eigenvalue weighted by molar-refractivity contribution is -0.160. The lowest BCUT2D eigenvalue weighted by Crippen LogP contribution is -2.53. The third-order valence-corrected chi connectivity index (χ3v) is 41.9. The smallest absolute Gasteiger partial charge is 0.266 e. The van der Waals surface area contributed by atoms with Gasteiger partial charge < -0.3 is 20.4 Å². The third kappa shape index (κ3) is 16.5. The molecular weight excluding hydrogens is 1750 g/mol. The van der Waals surface area contributed by atoms with Gasteiger partial charge in [-0.1, -0.05) is 32.9 Å². The molecule has 22 nitrogen and oxygen atoms in total. The highest BCUT2D eigenvalue weighted by molar-refractivity contribution is 5.86. The first-order valence-electron chi connectivity index (χ1n) is 52.1. The first kappa shape index (κ1) is 94.5. The van der Waals surface area contributed by atoms with Crippen molar-refractivity contribution in [1.82, 2.24) is 69.5 Å². The van der Waals surface area contributed by atoms with Crippen LogP contribution in [-0.4, -0.2) is 161 Å². The van der Waals surface area contributed by atoms with E-state index in [1.807, 2.05) is 36.5 Å². The number of fused-ring (bicyclic) bond motifs is 24. The van der Waals surface area contributed by atoms with Gasteiger partial charge in [0.05, 0.1) is 42.4 Å². The maximum absolute atomic E-state index is 13.6. The van der Waals surface area contributed by atoms with Crippen LogP contribution in [-0.2, 0) is 45.4 Å². The number of Topliss-reactive ketones (excluding diaryl/α,β-unsaturated/α-hetero) is 4. The van der Waals surface area contributed by atoms with Crippen molar-refractivity contribution < 1.29 is 74.7 Å². The van der Waals surface area contributed by atoms with Gasteiger partial charge in [-0.15, -0.1) is 5.10 Å². The zero-order valence-electron chi connectivity index (χ0n) is 79.2. The van der Waals surface area contributed by atoms with Crippen LogP contribution in [0, 0.1) is 164 Å². The Morgan fingerprint density at radius 2 is 0.691 bits per heavy atom. The van der Waals surface area contributed by atoms with E-state index in [-0.39, 0.29) is 157 Å². The van der Waals surface area contributed by atoms with E-state index in [0.29, 0.717) is 132 Å². The van der Waals surface area contributed by atoms with Crippen molar-refractivity contribution in [2.45, 2.75) is 333 Å². The van der Waals surface area contributed by atoms with Crippen LogP contribution in [0.3, 0.4) is 0 Å². The zero-order valence-corrected chi connectivity index (χ0v) is 79.2. The highest BCUT2D eigenvalue weighted by atomic mass is 19.3. The predicted molar refractivity (Wildman–Crippen MR) is 492 cm³/mol. The molecule has 0 amide bonds. The van der Waals surface area contributed by atoms with Gasteiger partial charge in [0.2, 0.25) is 0 Å². The molecule has 0 bridgehead atoms. The van der Waals surface area contributed by atoms with Crippen LogP contribution >= 0.6 is 0 Å². The number of hydrogen-bond acceptors (Lipinski definition) is 18. The van der Waals surface area contributed by atoms with Gasteiger partial charge in [0, 0.05) is 48.5 Å². The monoisotopic (exact) mass is 1890 g/mol. The summed E-state index contributed by atoms with van der Waals surface area (Å²) in [4.78, 5) is 72.4. The Hall–Kier alpha value is -7.70. The lowest BCUT2D eigenvalue weighted by Gasteiger charge is -2.57. The number of nitrogens with zero attached hydrogens (tertiary/aromatic N) is 14. The van der Waals surface area contributed by atoms with E-state index in [1.54, 1.807) is 63.5 Å². The first-order valence-corrected chi connectivity index (χ1v) is 52.1. The molecule has 8 aromatic rings. The van der Waals surface area contributed by atoms with Gasteiger partial charge in [0.15, 0.2) is 23.1 Å². The molecule has 24 rings (SSSR count). The molecule has 0 radical (unpaired) electrons. The molecule has 0 aromatic carbocycles. The largest absolute Gasteiger partial charge is 0.384 e. The molecule has 8 aromatic heterocycles. The molecule has 0 unspecified atom stereocenters. The van der Waals surface area contributed by atoms with E-state index < -0.39 is 48.1 Å². The van der Waals surface area contributed by atoms with E-state index >= 15 is 0 Å². The molecule has 0 spiro atoms. The zero-order chi connectivity index (χ0) is 94.7. The van der Waals surface area contributed by atoms with E-state index in [0.717, 1.165) is 200 Å². The molecule has 136 heavy (non-hydrogen) atoms. The normalized spacial score (nSPS) is 41.8. The summed E-state index contributed by atoms with van der Waals surface area (Å²) in [5, 5.41) is 68.0. The van der Waals surface area contributed by atoms with Gasteiger partial charge >= 0.3 is 0 Å². The third-order valence-electron chi connectivity index (χ3n) is 41.9. The van der Waals surface area contributed by atoms with E-state index in [4.69, 9.17) is 0 Å². The number of hydrogen-bond donors (Lipinski definition) is 4. The fraction of sp³-hybridized carbons (Fsp3) is 0.755. The SMILES string of the molecule is C[C@]12CC[C@H]3[C@@H](CC[C@@H]4C[C@@](O)(C(F)F)CC[C@@H]43)[C@@H]1CC[C@@H]2C(=O)Cn1cc2ncccc2n1.C[C@]12CC[C@H]3[C@@H](CC[C@@H]4C[C@@](O)(C(F)F)CC[C@@H]43)[C@@H]1CC[C@@H]2C(=O)Cn1nc2ccncc2n1.C[C@]12CC[C@H]3[C@@H](CC[C@@H]4C[C@@](O)(C(F)F)CC[C@@H]43)[C@@H]1CC[C@@H]2C(=O)Cn1ncc2ncccc21.C[C@]12CC[C@H]3[C@@H](CC[C@@H]4C[C@@](O)(C(F)F)CC[C@@H]43)[C@@H]1CC[C@@H]2C(=O)Cn1nnc2cnccc21. The first-order chi connectivity index (χ1) is 65.2. The van der Waals surface area contributed by atoms with Crippen molar-refractivity contribution in [1.29, 1.82) is 0 Å². The number of ketones is 4. The van der Waals surface area contributed by atoms with E-state index in [1.165, 1.54) is 4.80 Å². The van der Waals surface area contributed by atoms with Crippen molar-refractivity contribution in [2.24, 2.45) is 164 Å². The number of carbonyl (C=O) groups is 4. The molecular formula is C106H138F8N14O8. The maximum atomic E-state index is 13.6. The number of carbonyl (C=O) groups excluding carboxylic acids is 4. The number of pyridine rings is 4. The van der Waals surface area contributed by atoms with Gasteiger partial charge in [-0.2, -0.15) is 25.2 Å². The van der Waals surface area contributed by atoms with Crippen LogP contribution in [0.25, 0.3) is 44.1 Å². The average Bonchev–Trinajstić information content (AvgIpc) is 1.65. The number of halogens is 8. The Bertz CT molecular complexity index is 5300. The molecule has 32 atom stereocenters. The van der Waals surface area contributed by atoms with Crippen molar-refractivity contribution in [2.75, 3.05) is 0 Å². The van der Waals surface area contributed by atoms with Crippen molar-refractivity contribution in [3.63, 3.8) is 0 Å². The van der Waals surface area contributed by atoms with Gasteiger partial charge in [-0.3, -0.25) is 48.5 Å². The molecule has 8 heterocycles. The molecule has 0 aliphatic heterocycles. The fourth-order valence-electron chi connectivity index (χ4n) is 35.4. The van der Waals surface area contributed by atoms with Crippen molar-refractivity contribution >= 4 is 67.3 Å². The molecule has 736 valence electrons. The maximum Gasteiger partial charge on any atom is 0.266 e. The summed E-state index contributed by atoms with van der Waals surface area (Å²) in [6, 6.07) is 11.3. The van der Waals surface area contributed by atoms with Gasteiger partial charge in [0.25, 0.3) is 25.7 Å². The Morgan fingerprint density at radius 3 is 1.10 bits per heavy atom. The minimum atomic E-state index is -2.65. The lowest BCUT2D eigenvalue weighted by atomic mass is 9.49. The summed E-state index contributed by atoms with van der Waals surface area (Å²) in [7, 11) is 0. The van der Waals surface area contributed by atoms with Crippen LogP contribution < -0.4 is 0 Å². The highest BCUT2D eigenvalue weighted by Gasteiger charge is 2.66. The fourth-order valence-corrected chi connectivity index (χ4v) is 35.4. The summed E-state index contributed by atoms with van der Waals surface area (Å²) < 4.78 is 113. The molecule has 16 fully saturated rings. The molecule has 16 aliphatic rings. The highest BCUT2D eigenvalue weighted by Crippen LogP contribution is 2.71.